The quantitative estimate of drug-likeness (QED) is 0.532. The maximum atomic E-state index is 13.7. The number of fused-ring (bicyclic) bond motifs is 2. The Morgan fingerprint density at radius 2 is 1.93 bits per heavy atom. The lowest BCUT2D eigenvalue weighted by Gasteiger charge is -2.34. The molecule has 4 heterocycles. The van der Waals surface area contributed by atoms with E-state index < -0.39 is 42.0 Å². The van der Waals surface area contributed by atoms with Gasteiger partial charge in [0.1, 0.15) is 18.1 Å². The zero-order valence-corrected chi connectivity index (χ0v) is 22.1. The Labute approximate surface area is 228 Å². The minimum absolute atomic E-state index is 0.0422. The van der Waals surface area contributed by atoms with Gasteiger partial charge in [-0.3, -0.25) is 24.4 Å². The molecule has 13 heteroatoms. The van der Waals surface area contributed by atoms with Gasteiger partial charge in [-0.15, -0.1) is 0 Å². The highest BCUT2D eigenvalue weighted by atomic mass is 19.4. The number of halogens is 3. The summed E-state index contributed by atoms with van der Waals surface area (Å²) in [6.07, 6.45) is 1.13. The second kappa shape index (κ2) is 10.3. The van der Waals surface area contributed by atoms with Gasteiger partial charge in [0.25, 0.3) is 0 Å². The summed E-state index contributed by atoms with van der Waals surface area (Å²) in [7, 11) is 0. The average molecular weight is 558 g/mol. The molecule has 40 heavy (non-hydrogen) atoms. The number of pyridine rings is 2. The number of nitriles is 1. The van der Waals surface area contributed by atoms with Crippen molar-refractivity contribution in [3.63, 3.8) is 0 Å². The van der Waals surface area contributed by atoms with Gasteiger partial charge in [-0.1, -0.05) is 13.8 Å². The fourth-order valence-electron chi connectivity index (χ4n) is 6.30. The van der Waals surface area contributed by atoms with Crippen LogP contribution >= 0.6 is 0 Å². The number of amides is 3. The summed E-state index contributed by atoms with van der Waals surface area (Å²) in [6.45, 7) is 5.23. The van der Waals surface area contributed by atoms with Gasteiger partial charge in [0, 0.05) is 42.6 Å². The first-order valence-electron chi connectivity index (χ1n) is 13.2. The van der Waals surface area contributed by atoms with E-state index in [1.54, 1.807) is 24.5 Å². The van der Waals surface area contributed by atoms with Crippen molar-refractivity contribution in [3.05, 3.63) is 36.3 Å². The number of aromatic nitrogens is 2. The van der Waals surface area contributed by atoms with E-state index in [0.29, 0.717) is 29.6 Å². The Balaban J connectivity index is 1.40. The fraction of sp³-hybridized carbons (Fsp3) is 0.556. The molecule has 0 radical (unpaired) electrons. The molecule has 2 N–H and O–H groups in total. The number of rotatable bonds is 7. The van der Waals surface area contributed by atoms with Gasteiger partial charge in [-0.05, 0) is 55.3 Å². The van der Waals surface area contributed by atoms with Crippen LogP contribution in [0.1, 0.15) is 38.3 Å². The monoisotopic (exact) mass is 557 g/mol. The molecule has 0 spiro atoms. The minimum atomic E-state index is -5.16. The van der Waals surface area contributed by atoms with Crippen LogP contribution in [0.25, 0.3) is 10.9 Å². The smallest absolute Gasteiger partial charge is 0.335 e. The molecule has 1 saturated carbocycles. The molecule has 1 aliphatic carbocycles. The van der Waals surface area contributed by atoms with E-state index >= 15 is 0 Å². The fourth-order valence-corrected chi connectivity index (χ4v) is 6.30. The van der Waals surface area contributed by atoms with Crippen LogP contribution < -0.4 is 10.6 Å². The Morgan fingerprint density at radius 3 is 2.60 bits per heavy atom. The van der Waals surface area contributed by atoms with Crippen LogP contribution in [0.4, 0.5) is 13.2 Å². The standard InChI is InChI=1S/C27H30F3N7O3/c1-26(2)17-13-37(24(39)19(14-36-8-3-4-9-36)35-25(40)27(28,29)30)22(20(17)26)23(38)34-18(10-31)16-12-32-11-15-6-5-7-33-21(15)16/h5-7,11-12,17-20,22H,3-4,8-9,13-14H2,1-2H3,(H,34,38)(H,35,40)/t17-,18?,19-,20-,22-/m0/s1. The number of hydrogen-bond donors (Lipinski definition) is 2. The number of carbonyl (C=O) groups is 3. The van der Waals surface area contributed by atoms with Crippen LogP contribution in [0.15, 0.2) is 30.7 Å². The van der Waals surface area contributed by atoms with Gasteiger partial charge >= 0.3 is 12.1 Å². The third kappa shape index (κ3) is 5.08. The van der Waals surface area contributed by atoms with Crippen LogP contribution in [-0.2, 0) is 14.4 Å². The molecule has 5 rings (SSSR count). The van der Waals surface area contributed by atoms with Crippen molar-refractivity contribution in [2.24, 2.45) is 17.3 Å². The maximum absolute atomic E-state index is 13.7. The summed E-state index contributed by atoms with van der Waals surface area (Å²) in [6, 6.07) is 1.96. The van der Waals surface area contributed by atoms with E-state index in [0.717, 1.165) is 12.8 Å². The highest BCUT2D eigenvalue weighted by molar-refractivity contribution is 5.95. The van der Waals surface area contributed by atoms with Gasteiger partial charge in [0.15, 0.2) is 0 Å². The molecule has 3 aliphatic rings. The molecule has 3 amide bonds. The largest absolute Gasteiger partial charge is 0.471 e. The highest BCUT2D eigenvalue weighted by Crippen LogP contribution is 2.65. The van der Waals surface area contributed by atoms with Crippen molar-refractivity contribution >= 4 is 28.6 Å². The first-order chi connectivity index (χ1) is 18.9. The van der Waals surface area contributed by atoms with Crippen LogP contribution in [-0.4, -0.2) is 81.9 Å². The number of alkyl halides is 3. The summed E-state index contributed by atoms with van der Waals surface area (Å²) >= 11 is 0. The second-order valence-corrected chi connectivity index (χ2v) is 11.3. The molecule has 0 aromatic carbocycles. The van der Waals surface area contributed by atoms with E-state index in [9.17, 15) is 32.8 Å². The van der Waals surface area contributed by atoms with Gasteiger partial charge in [0.05, 0.1) is 11.6 Å². The average Bonchev–Trinajstić information content (AvgIpc) is 3.34. The van der Waals surface area contributed by atoms with E-state index in [4.69, 9.17) is 0 Å². The van der Waals surface area contributed by atoms with Crippen LogP contribution in [0.3, 0.4) is 0 Å². The molecular formula is C27H30F3N7O3. The molecular weight excluding hydrogens is 527 g/mol. The molecule has 2 aliphatic heterocycles. The SMILES string of the molecule is CC1(C)[C@@H]2[C@@H](C(=O)NC(C#N)c3cncc4cccnc34)N(C(=O)[C@H](CN3CCCC3)NC(=O)C(F)(F)F)C[C@@H]21. The van der Waals surface area contributed by atoms with Crippen LogP contribution in [0.2, 0.25) is 0 Å². The number of hydrogen-bond acceptors (Lipinski definition) is 7. The first-order valence-corrected chi connectivity index (χ1v) is 13.2. The van der Waals surface area contributed by atoms with Crippen molar-refractivity contribution in [2.75, 3.05) is 26.2 Å². The van der Waals surface area contributed by atoms with Gasteiger partial charge in [0.2, 0.25) is 11.8 Å². The van der Waals surface area contributed by atoms with E-state index in [2.05, 4.69) is 21.4 Å². The Hall–Kier alpha value is -3.79. The molecule has 3 fully saturated rings. The van der Waals surface area contributed by atoms with Gasteiger partial charge in [-0.25, -0.2) is 0 Å². The molecule has 2 saturated heterocycles. The molecule has 5 atom stereocenters. The maximum Gasteiger partial charge on any atom is 0.471 e. The molecule has 212 valence electrons. The van der Waals surface area contributed by atoms with Crippen molar-refractivity contribution in [1.29, 1.82) is 5.26 Å². The normalized spacial score (nSPS) is 25.1. The van der Waals surface area contributed by atoms with Crippen molar-refractivity contribution in [3.8, 4) is 6.07 Å². The summed E-state index contributed by atoms with van der Waals surface area (Å²) < 4.78 is 39.4. The summed E-state index contributed by atoms with van der Waals surface area (Å²) in [4.78, 5) is 50.9. The molecule has 10 nitrogen and oxygen atoms in total. The predicted molar refractivity (Wildman–Crippen MR) is 136 cm³/mol. The molecule has 2 aromatic rings. The van der Waals surface area contributed by atoms with Crippen molar-refractivity contribution < 1.29 is 27.6 Å². The lowest BCUT2D eigenvalue weighted by molar-refractivity contribution is -0.175. The number of nitrogens with zero attached hydrogens (tertiary/aromatic N) is 5. The van der Waals surface area contributed by atoms with Gasteiger partial charge in [-0.2, -0.15) is 18.4 Å². The van der Waals surface area contributed by atoms with E-state index in [1.807, 2.05) is 24.1 Å². The zero-order chi connectivity index (χ0) is 28.8. The van der Waals surface area contributed by atoms with Gasteiger partial charge < -0.3 is 20.4 Å². The lowest BCUT2D eigenvalue weighted by Crippen LogP contribution is -2.59. The van der Waals surface area contributed by atoms with Crippen molar-refractivity contribution in [2.45, 2.75) is 51.0 Å². The Kier molecular flexibility index (Phi) is 7.16. The van der Waals surface area contributed by atoms with E-state index in [-0.39, 0.29) is 30.3 Å². The van der Waals surface area contributed by atoms with E-state index in [1.165, 1.54) is 11.1 Å². The molecule has 0 bridgehead atoms. The highest BCUT2D eigenvalue weighted by Gasteiger charge is 2.69. The Bertz CT molecular complexity index is 1360. The van der Waals surface area contributed by atoms with Crippen molar-refractivity contribution in [1.82, 2.24) is 30.4 Å². The lowest BCUT2D eigenvalue weighted by atomic mass is 9.98. The summed E-state index contributed by atoms with van der Waals surface area (Å²) in [5, 5.41) is 15.2. The minimum Gasteiger partial charge on any atom is -0.335 e. The van der Waals surface area contributed by atoms with Crippen LogP contribution in [0.5, 0.6) is 0 Å². The topological polar surface area (TPSA) is 131 Å². The summed E-state index contributed by atoms with van der Waals surface area (Å²) in [5.74, 6) is -3.82. The Morgan fingerprint density at radius 1 is 1.20 bits per heavy atom. The summed E-state index contributed by atoms with van der Waals surface area (Å²) in [5.41, 5.74) is 0.609. The number of carbonyl (C=O) groups excluding carboxylic acids is 3. The first kappa shape index (κ1) is 27.8. The third-order valence-corrected chi connectivity index (χ3v) is 8.53. The number of piperidine rings is 1. The predicted octanol–water partition coefficient (Wildman–Crippen LogP) is 1.94. The number of nitrogens with one attached hydrogen (secondary N) is 2. The number of likely N-dealkylation sites (tertiary alicyclic amines) is 2. The zero-order valence-electron chi connectivity index (χ0n) is 22.1. The second-order valence-electron chi connectivity index (χ2n) is 11.3. The third-order valence-electron chi connectivity index (χ3n) is 8.53. The van der Waals surface area contributed by atoms with Crippen LogP contribution in [0, 0.1) is 28.6 Å². The molecule has 2 aromatic heterocycles. The molecule has 1 unspecified atom stereocenters.